The average molecular weight is 501 g/mol. The zero-order valence-corrected chi connectivity index (χ0v) is 21.4. The van der Waals surface area contributed by atoms with Gasteiger partial charge in [-0.05, 0) is 48.4 Å². The predicted octanol–water partition coefficient (Wildman–Crippen LogP) is 4.74. The van der Waals surface area contributed by atoms with Crippen LogP contribution in [0.15, 0.2) is 91.0 Å². The molecule has 6 nitrogen and oxygen atoms in total. The maximum Gasteiger partial charge on any atom is 0.251 e. The van der Waals surface area contributed by atoms with E-state index in [2.05, 4.69) is 10.6 Å². The summed E-state index contributed by atoms with van der Waals surface area (Å²) in [5.41, 5.74) is 2.75. The molecule has 0 heterocycles. The quantitative estimate of drug-likeness (QED) is 0.316. The van der Waals surface area contributed by atoms with Gasteiger partial charge >= 0.3 is 0 Å². The number of hydrogen-bond acceptors (Lipinski definition) is 4. The Bertz CT molecular complexity index is 1060. The molecule has 3 rings (SSSR count). The molecule has 3 aromatic carbocycles. The Balaban J connectivity index is 1.41. The molecule has 37 heavy (non-hydrogen) atoms. The Kier molecular flexibility index (Phi) is 11.5. The van der Waals surface area contributed by atoms with Crippen LogP contribution in [0, 0.1) is 5.92 Å². The lowest BCUT2D eigenvalue weighted by Gasteiger charge is -2.18. The van der Waals surface area contributed by atoms with Gasteiger partial charge in [0.25, 0.3) is 5.91 Å². The molecule has 0 aromatic heterocycles. The summed E-state index contributed by atoms with van der Waals surface area (Å²) < 4.78 is 5.99. The van der Waals surface area contributed by atoms with E-state index in [1.54, 1.807) is 12.1 Å². The molecular formula is C31H36N2O4. The van der Waals surface area contributed by atoms with Crippen molar-refractivity contribution in [1.29, 1.82) is 0 Å². The molecule has 2 N–H and O–H groups in total. The van der Waals surface area contributed by atoms with Crippen LogP contribution in [-0.2, 0) is 27.4 Å². The minimum absolute atomic E-state index is 0.0633. The van der Waals surface area contributed by atoms with Crippen LogP contribution in [0.3, 0.4) is 0 Å². The standard InChI is InChI=1S/C31H36N2O4/c1-24(21-33-31(36)27-15-9-4-10-16-27)17-20-30(35)32-22-28(34)29(19-18-25-11-5-2-6-12-25)37-23-26-13-7-3-8-14-26/h2-16,24,29H,17-23H2,1H3,(H,32,35)(H,33,36). The van der Waals surface area contributed by atoms with E-state index in [9.17, 15) is 14.4 Å². The number of carbonyl (C=O) groups is 3. The van der Waals surface area contributed by atoms with Crippen molar-refractivity contribution in [3.63, 3.8) is 0 Å². The molecule has 0 aliphatic heterocycles. The van der Waals surface area contributed by atoms with Gasteiger partial charge in [-0.15, -0.1) is 0 Å². The van der Waals surface area contributed by atoms with Gasteiger partial charge in [-0.25, -0.2) is 0 Å². The van der Waals surface area contributed by atoms with Gasteiger partial charge in [-0.2, -0.15) is 0 Å². The van der Waals surface area contributed by atoms with E-state index in [4.69, 9.17) is 4.74 Å². The van der Waals surface area contributed by atoms with Crippen molar-refractivity contribution < 1.29 is 19.1 Å². The lowest BCUT2D eigenvalue weighted by atomic mass is 10.0. The van der Waals surface area contributed by atoms with Gasteiger partial charge < -0.3 is 15.4 Å². The number of aryl methyl sites for hydroxylation is 1. The number of nitrogens with one attached hydrogen (secondary N) is 2. The Morgan fingerprint density at radius 1 is 0.757 bits per heavy atom. The number of benzene rings is 3. The number of carbonyl (C=O) groups excluding carboxylic acids is 3. The SMILES string of the molecule is CC(CCC(=O)NCC(=O)C(CCc1ccccc1)OCc1ccccc1)CNC(=O)c1ccccc1. The van der Waals surface area contributed by atoms with Crippen molar-refractivity contribution in [1.82, 2.24) is 10.6 Å². The maximum absolute atomic E-state index is 13.0. The highest BCUT2D eigenvalue weighted by atomic mass is 16.5. The molecule has 0 radical (unpaired) electrons. The van der Waals surface area contributed by atoms with Crippen LogP contribution in [0.4, 0.5) is 0 Å². The largest absolute Gasteiger partial charge is 0.366 e. The smallest absolute Gasteiger partial charge is 0.251 e. The molecule has 0 bridgehead atoms. The molecule has 0 aliphatic rings. The van der Waals surface area contributed by atoms with Crippen molar-refractivity contribution in [3.8, 4) is 0 Å². The highest BCUT2D eigenvalue weighted by molar-refractivity contribution is 5.94. The van der Waals surface area contributed by atoms with Gasteiger partial charge in [0.15, 0.2) is 5.78 Å². The summed E-state index contributed by atoms with van der Waals surface area (Å²) >= 11 is 0. The van der Waals surface area contributed by atoms with Crippen molar-refractivity contribution in [2.45, 2.75) is 45.3 Å². The lowest BCUT2D eigenvalue weighted by Crippen LogP contribution is -2.37. The Hall–Kier alpha value is -3.77. The van der Waals surface area contributed by atoms with E-state index in [-0.39, 0.29) is 36.5 Å². The normalized spacial score (nSPS) is 12.4. The minimum atomic E-state index is -0.604. The number of rotatable bonds is 15. The molecule has 0 saturated carbocycles. The minimum Gasteiger partial charge on any atom is -0.366 e. The second-order valence-corrected chi connectivity index (χ2v) is 9.27. The molecule has 6 heteroatoms. The molecule has 2 atom stereocenters. The van der Waals surface area contributed by atoms with E-state index in [1.165, 1.54) is 0 Å². The van der Waals surface area contributed by atoms with E-state index in [1.807, 2.05) is 85.8 Å². The van der Waals surface area contributed by atoms with E-state index in [0.717, 1.165) is 11.1 Å². The van der Waals surface area contributed by atoms with Gasteiger partial charge in [0, 0.05) is 18.5 Å². The van der Waals surface area contributed by atoms with Gasteiger partial charge in [-0.1, -0.05) is 85.8 Å². The zero-order valence-electron chi connectivity index (χ0n) is 21.4. The molecule has 0 saturated heterocycles. The van der Waals surface area contributed by atoms with Gasteiger partial charge in [0.2, 0.25) is 5.91 Å². The summed E-state index contributed by atoms with van der Waals surface area (Å²) in [6.45, 7) is 2.74. The fraction of sp³-hybridized carbons (Fsp3) is 0.323. The summed E-state index contributed by atoms with van der Waals surface area (Å²) in [6.07, 6.45) is 1.55. The molecule has 0 fully saturated rings. The van der Waals surface area contributed by atoms with E-state index >= 15 is 0 Å². The molecule has 2 unspecified atom stereocenters. The number of ketones is 1. The average Bonchev–Trinajstić information content (AvgIpc) is 2.95. The Morgan fingerprint density at radius 2 is 1.35 bits per heavy atom. The molecule has 194 valence electrons. The van der Waals surface area contributed by atoms with Crippen LogP contribution in [0.25, 0.3) is 0 Å². The summed E-state index contributed by atoms with van der Waals surface area (Å²) in [5.74, 6) is -0.315. The van der Waals surface area contributed by atoms with Crippen molar-refractivity contribution in [3.05, 3.63) is 108 Å². The number of amides is 2. The summed E-state index contributed by atoms with van der Waals surface area (Å²) in [7, 11) is 0. The van der Waals surface area contributed by atoms with Gasteiger partial charge in [-0.3, -0.25) is 14.4 Å². The third-order valence-electron chi connectivity index (χ3n) is 6.16. The third kappa shape index (κ3) is 10.4. The molecule has 2 amide bonds. The topological polar surface area (TPSA) is 84.5 Å². The summed E-state index contributed by atoms with van der Waals surface area (Å²) in [5, 5.41) is 5.65. The summed E-state index contributed by atoms with van der Waals surface area (Å²) in [6, 6.07) is 28.8. The lowest BCUT2D eigenvalue weighted by molar-refractivity contribution is -0.133. The first-order chi connectivity index (χ1) is 18.0. The first-order valence-corrected chi connectivity index (χ1v) is 12.8. The first-order valence-electron chi connectivity index (χ1n) is 12.8. The van der Waals surface area contributed by atoms with Crippen LogP contribution in [-0.4, -0.2) is 36.8 Å². The highest BCUT2D eigenvalue weighted by Crippen LogP contribution is 2.12. The third-order valence-corrected chi connectivity index (χ3v) is 6.16. The predicted molar refractivity (Wildman–Crippen MR) is 145 cm³/mol. The fourth-order valence-electron chi connectivity index (χ4n) is 3.88. The van der Waals surface area contributed by atoms with Crippen molar-refractivity contribution in [2.24, 2.45) is 5.92 Å². The molecule has 0 spiro atoms. The van der Waals surface area contributed by atoms with Crippen LogP contribution < -0.4 is 10.6 Å². The Labute approximate surface area is 219 Å². The van der Waals surface area contributed by atoms with Crippen LogP contribution in [0.2, 0.25) is 0 Å². The second kappa shape index (κ2) is 15.4. The zero-order chi connectivity index (χ0) is 26.3. The van der Waals surface area contributed by atoms with E-state index in [0.29, 0.717) is 38.0 Å². The molecule has 3 aromatic rings. The monoisotopic (exact) mass is 500 g/mol. The summed E-state index contributed by atoms with van der Waals surface area (Å²) in [4.78, 5) is 37.5. The van der Waals surface area contributed by atoms with Crippen molar-refractivity contribution in [2.75, 3.05) is 13.1 Å². The Morgan fingerprint density at radius 3 is 2.00 bits per heavy atom. The van der Waals surface area contributed by atoms with Gasteiger partial charge in [0.1, 0.15) is 6.10 Å². The van der Waals surface area contributed by atoms with Crippen LogP contribution in [0.1, 0.15) is 47.7 Å². The first kappa shape index (κ1) is 27.8. The highest BCUT2D eigenvalue weighted by Gasteiger charge is 2.20. The van der Waals surface area contributed by atoms with E-state index < -0.39 is 6.10 Å². The van der Waals surface area contributed by atoms with Crippen molar-refractivity contribution >= 4 is 17.6 Å². The molecular weight excluding hydrogens is 464 g/mol. The molecule has 0 aliphatic carbocycles. The fourth-order valence-corrected chi connectivity index (χ4v) is 3.88. The number of ether oxygens (including phenoxy) is 1. The van der Waals surface area contributed by atoms with Crippen LogP contribution >= 0.6 is 0 Å². The van der Waals surface area contributed by atoms with Gasteiger partial charge in [0.05, 0.1) is 13.2 Å². The maximum atomic E-state index is 13.0. The second-order valence-electron chi connectivity index (χ2n) is 9.27. The van der Waals surface area contributed by atoms with Crippen LogP contribution in [0.5, 0.6) is 0 Å². The number of Topliss-reactive ketones (excluding diaryl/α,β-unsaturated/α-hetero) is 1. The number of hydrogen-bond donors (Lipinski definition) is 2.